The van der Waals surface area contributed by atoms with E-state index in [4.69, 9.17) is 5.11 Å². The molecule has 0 radical (unpaired) electrons. The molecule has 0 fully saturated rings. The lowest BCUT2D eigenvalue weighted by molar-refractivity contribution is -0.192. The summed E-state index contributed by atoms with van der Waals surface area (Å²) in [5.74, 6) is -4.18. The Labute approximate surface area is 93.0 Å². The van der Waals surface area contributed by atoms with E-state index < -0.39 is 30.1 Å². The lowest BCUT2D eigenvalue weighted by Crippen LogP contribution is -2.47. The van der Waals surface area contributed by atoms with Gasteiger partial charge in [0.2, 0.25) is 0 Å². The van der Waals surface area contributed by atoms with Crippen molar-refractivity contribution < 1.29 is 23.1 Å². The number of halogens is 3. The Bertz CT molecular complexity index is 239. The topological polar surface area (TPSA) is 49.3 Å². The first-order valence-corrected chi connectivity index (χ1v) is 5.14. The second-order valence-corrected chi connectivity index (χ2v) is 4.45. The summed E-state index contributed by atoms with van der Waals surface area (Å²) in [6, 6.07) is 0. The van der Waals surface area contributed by atoms with E-state index in [-0.39, 0.29) is 0 Å². The highest BCUT2D eigenvalue weighted by atomic mass is 19.4. The van der Waals surface area contributed by atoms with Gasteiger partial charge in [0, 0.05) is 12.1 Å². The maximum absolute atomic E-state index is 12.3. The van der Waals surface area contributed by atoms with Gasteiger partial charge in [0.05, 0.1) is 0 Å². The largest absolute Gasteiger partial charge is 0.481 e. The van der Waals surface area contributed by atoms with Gasteiger partial charge in [0.1, 0.15) is 0 Å². The fourth-order valence-corrected chi connectivity index (χ4v) is 1.43. The average Bonchev–Trinajstić information content (AvgIpc) is 1.99. The molecule has 0 aromatic rings. The molecular formula is C10H18F3NO2. The Morgan fingerprint density at radius 1 is 1.38 bits per heavy atom. The van der Waals surface area contributed by atoms with Gasteiger partial charge >= 0.3 is 12.1 Å². The maximum atomic E-state index is 12.3. The number of nitrogens with one attached hydrogen (secondary N) is 1. The van der Waals surface area contributed by atoms with E-state index in [2.05, 4.69) is 5.32 Å². The summed E-state index contributed by atoms with van der Waals surface area (Å²) in [6.45, 7) is 4.84. The molecule has 1 unspecified atom stereocenters. The van der Waals surface area contributed by atoms with Crippen molar-refractivity contribution in [1.29, 1.82) is 0 Å². The molecular weight excluding hydrogens is 223 g/mol. The lowest BCUT2D eigenvalue weighted by Gasteiger charge is -2.28. The minimum Gasteiger partial charge on any atom is -0.481 e. The Hall–Kier alpha value is -0.780. The van der Waals surface area contributed by atoms with Crippen molar-refractivity contribution in [3.8, 4) is 0 Å². The first-order valence-electron chi connectivity index (χ1n) is 5.14. The second kappa shape index (κ2) is 5.52. The number of carboxylic acid groups (broad SMARTS) is 1. The summed E-state index contributed by atoms with van der Waals surface area (Å²) >= 11 is 0. The van der Waals surface area contributed by atoms with Gasteiger partial charge in [-0.15, -0.1) is 0 Å². The highest BCUT2D eigenvalue weighted by Gasteiger charge is 2.45. The zero-order valence-electron chi connectivity index (χ0n) is 9.69. The van der Waals surface area contributed by atoms with Crippen LogP contribution < -0.4 is 5.32 Å². The molecule has 0 rings (SSSR count). The molecule has 6 heteroatoms. The molecule has 1 atom stereocenters. The molecule has 96 valence electrons. The molecule has 0 aliphatic rings. The molecule has 2 N–H and O–H groups in total. The Morgan fingerprint density at radius 2 is 1.88 bits per heavy atom. The monoisotopic (exact) mass is 241 g/mol. The van der Waals surface area contributed by atoms with Crippen molar-refractivity contribution in [2.75, 3.05) is 6.54 Å². The number of rotatable bonds is 6. The zero-order chi connectivity index (χ0) is 13.0. The number of aliphatic carboxylic acids is 1. The van der Waals surface area contributed by atoms with Crippen molar-refractivity contribution in [2.45, 2.75) is 45.3 Å². The highest BCUT2D eigenvalue weighted by Crippen LogP contribution is 2.26. The SMILES string of the molecule is CCCC(C)(C)NCC(C(=O)O)C(F)(F)F. The van der Waals surface area contributed by atoms with E-state index in [1.165, 1.54) is 0 Å². The van der Waals surface area contributed by atoms with Gasteiger partial charge in [-0.25, -0.2) is 0 Å². The smallest absolute Gasteiger partial charge is 0.403 e. The lowest BCUT2D eigenvalue weighted by atomic mass is 9.97. The first-order chi connectivity index (χ1) is 7.10. The first kappa shape index (κ1) is 15.2. The van der Waals surface area contributed by atoms with Crippen LogP contribution in [0.2, 0.25) is 0 Å². The molecule has 0 saturated carbocycles. The van der Waals surface area contributed by atoms with E-state index in [1.807, 2.05) is 6.92 Å². The predicted molar refractivity (Wildman–Crippen MR) is 54.2 cm³/mol. The summed E-state index contributed by atoms with van der Waals surface area (Å²) in [7, 11) is 0. The Balaban J connectivity index is 4.40. The molecule has 0 aromatic heterocycles. The van der Waals surface area contributed by atoms with E-state index in [1.54, 1.807) is 13.8 Å². The van der Waals surface area contributed by atoms with Crippen molar-refractivity contribution >= 4 is 5.97 Å². The third kappa shape index (κ3) is 5.34. The minimum atomic E-state index is -4.71. The van der Waals surface area contributed by atoms with Crippen molar-refractivity contribution in [3.05, 3.63) is 0 Å². The fraction of sp³-hybridized carbons (Fsp3) is 0.900. The minimum absolute atomic E-state index is 0.478. The summed E-state index contributed by atoms with van der Waals surface area (Å²) in [6.07, 6.45) is -3.19. The fourth-order valence-electron chi connectivity index (χ4n) is 1.43. The normalized spacial score (nSPS) is 14.9. The Morgan fingerprint density at radius 3 is 2.19 bits per heavy atom. The quantitative estimate of drug-likeness (QED) is 0.750. The van der Waals surface area contributed by atoms with E-state index in [9.17, 15) is 18.0 Å². The zero-order valence-corrected chi connectivity index (χ0v) is 9.69. The van der Waals surface area contributed by atoms with Gasteiger partial charge in [0.25, 0.3) is 0 Å². The molecule has 0 heterocycles. The van der Waals surface area contributed by atoms with Gasteiger partial charge in [0.15, 0.2) is 5.92 Å². The van der Waals surface area contributed by atoms with Crippen LogP contribution in [0.5, 0.6) is 0 Å². The van der Waals surface area contributed by atoms with E-state index in [0.29, 0.717) is 6.42 Å². The van der Waals surface area contributed by atoms with Gasteiger partial charge in [-0.3, -0.25) is 4.79 Å². The Kier molecular flexibility index (Phi) is 5.25. The van der Waals surface area contributed by atoms with Crippen LogP contribution >= 0.6 is 0 Å². The van der Waals surface area contributed by atoms with Crippen LogP contribution in [0.25, 0.3) is 0 Å². The van der Waals surface area contributed by atoms with E-state index >= 15 is 0 Å². The second-order valence-electron chi connectivity index (χ2n) is 4.45. The third-order valence-corrected chi connectivity index (χ3v) is 2.35. The van der Waals surface area contributed by atoms with Crippen LogP contribution in [-0.4, -0.2) is 29.3 Å². The molecule has 0 aliphatic carbocycles. The van der Waals surface area contributed by atoms with Crippen LogP contribution in [0.3, 0.4) is 0 Å². The van der Waals surface area contributed by atoms with Gasteiger partial charge in [-0.1, -0.05) is 13.3 Å². The molecule has 0 bridgehead atoms. The van der Waals surface area contributed by atoms with Crippen LogP contribution in [0.15, 0.2) is 0 Å². The van der Waals surface area contributed by atoms with Gasteiger partial charge in [-0.05, 0) is 20.3 Å². The number of alkyl halides is 3. The summed E-state index contributed by atoms with van der Waals surface area (Å²) < 4.78 is 36.9. The number of hydrogen-bond acceptors (Lipinski definition) is 2. The maximum Gasteiger partial charge on any atom is 0.403 e. The van der Waals surface area contributed by atoms with E-state index in [0.717, 1.165) is 6.42 Å². The van der Waals surface area contributed by atoms with Crippen LogP contribution in [-0.2, 0) is 4.79 Å². The predicted octanol–water partition coefficient (Wildman–Crippen LogP) is 2.42. The summed E-state index contributed by atoms with van der Waals surface area (Å²) in [5.41, 5.74) is -0.478. The summed E-state index contributed by atoms with van der Waals surface area (Å²) in [5, 5.41) is 11.1. The number of hydrogen-bond donors (Lipinski definition) is 2. The molecule has 16 heavy (non-hydrogen) atoms. The van der Waals surface area contributed by atoms with Crippen molar-refractivity contribution in [2.24, 2.45) is 5.92 Å². The molecule has 0 aliphatic heterocycles. The van der Waals surface area contributed by atoms with Crippen LogP contribution in [0.1, 0.15) is 33.6 Å². The third-order valence-electron chi connectivity index (χ3n) is 2.35. The van der Waals surface area contributed by atoms with Crippen molar-refractivity contribution in [1.82, 2.24) is 5.32 Å². The highest BCUT2D eigenvalue weighted by molar-refractivity contribution is 5.71. The molecule has 0 amide bonds. The standard InChI is InChI=1S/C10H18F3NO2/c1-4-5-9(2,3)14-6-7(8(15)16)10(11,12)13/h7,14H,4-6H2,1-3H3,(H,15,16). The summed E-state index contributed by atoms with van der Waals surface area (Å²) in [4.78, 5) is 10.5. The molecule has 0 spiro atoms. The number of carboxylic acids is 1. The molecule has 0 aromatic carbocycles. The van der Waals surface area contributed by atoms with Crippen molar-refractivity contribution in [3.63, 3.8) is 0 Å². The molecule has 3 nitrogen and oxygen atoms in total. The van der Waals surface area contributed by atoms with Crippen LogP contribution in [0.4, 0.5) is 13.2 Å². The van der Waals surface area contributed by atoms with Crippen LogP contribution in [0, 0.1) is 5.92 Å². The molecule has 0 saturated heterocycles. The van der Waals surface area contributed by atoms with Gasteiger partial charge < -0.3 is 10.4 Å². The average molecular weight is 241 g/mol. The van der Waals surface area contributed by atoms with Gasteiger partial charge in [-0.2, -0.15) is 13.2 Å². The number of carbonyl (C=O) groups is 1.